The van der Waals surface area contributed by atoms with Gasteiger partial charge in [-0.2, -0.15) is 0 Å². The Morgan fingerprint density at radius 1 is 1.32 bits per heavy atom. The number of hydrogen-bond donors (Lipinski definition) is 1. The zero-order valence-corrected chi connectivity index (χ0v) is 14.0. The largest absolute Gasteiger partial charge is 0.352 e. The highest BCUT2D eigenvalue weighted by Crippen LogP contribution is 2.21. The lowest BCUT2D eigenvalue weighted by atomic mass is 9.92. The molecular formula is C18H27FN2O. The Morgan fingerprint density at radius 2 is 2.00 bits per heavy atom. The van der Waals surface area contributed by atoms with Crippen LogP contribution in [0.1, 0.15) is 39.7 Å². The summed E-state index contributed by atoms with van der Waals surface area (Å²) < 4.78 is 13.8. The second-order valence-corrected chi connectivity index (χ2v) is 7.55. The number of amides is 1. The maximum atomic E-state index is 13.8. The molecule has 2 rings (SSSR count). The molecule has 1 fully saturated rings. The van der Waals surface area contributed by atoms with Crippen molar-refractivity contribution in [2.45, 2.75) is 46.7 Å². The standard InChI is InChI=1S/C18H27FN2O/c1-13-9-15(20-17(22)18(2,3)4)12-21(10-13)11-14-7-5-6-8-16(14)19/h5-8,13,15H,9-12H2,1-4H3,(H,20,22). The average molecular weight is 306 g/mol. The fourth-order valence-corrected chi connectivity index (χ4v) is 2.96. The lowest BCUT2D eigenvalue weighted by Gasteiger charge is -2.37. The molecule has 1 amide bonds. The highest BCUT2D eigenvalue weighted by molar-refractivity contribution is 5.81. The molecule has 0 bridgehead atoms. The molecule has 2 unspecified atom stereocenters. The van der Waals surface area contributed by atoms with Gasteiger partial charge in [-0.1, -0.05) is 45.9 Å². The summed E-state index contributed by atoms with van der Waals surface area (Å²) in [6, 6.07) is 7.05. The minimum Gasteiger partial charge on any atom is -0.352 e. The summed E-state index contributed by atoms with van der Waals surface area (Å²) in [4.78, 5) is 14.4. The topological polar surface area (TPSA) is 32.3 Å². The van der Waals surface area contributed by atoms with E-state index in [1.807, 2.05) is 32.9 Å². The fourth-order valence-electron chi connectivity index (χ4n) is 2.96. The Balaban J connectivity index is 1.99. The maximum absolute atomic E-state index is 13.8. The van der Waals surface area contributed by atoms with Crippen LogP contribution in [0.4, 0.5) is 4.39 Å². The van der Waals surface area contributed by atoms with Crippen LogP contribution >= 0.6 is 0 Å². The van der Waals surface area contributed by atoms with Gasteiger partial charge in [0, 0.05) is 36.7 Å². The summed E-state index contributed by atoms with van der Waals surface area (Å²) in [5, 5.41) is 3.15. The van der Waals surface area contributed by atoms with Crippen LogP contribution < -0.4 is 5.32 Å². The van der Waals surface area contributed by atoms with E-state index in [1.165, 1.54) is 6.07 Å². The number of benzene rings is 1. The molecule has 0 radical (unpaired) electrons. The molecule has 1 heterocycles. The first-order chi connectivity index (χ1) is 10.3. The Morgan fingerprint density at radius 3 is 2.64 bits per heavy atom. The number of nitrogens with zero attached hydrogens (tertiary/aromatic N) is 1. The van der Waals surface area contributed by atoms with Crippen molar-refractivity contribution in [1.82, 2.24) is 10.2 Å². The van der Waals surface area contributed by atoms with Crippen molar-refractivity contribution in [2.24, 2.45) is 11.3 Å². The van der Waals surface area contributed by atoms with Gasteiger partial charge < -0.3 is 5.32 Å². The molecule has 0 spiro atoms. The second kappa shape index (κ2) is 6.78. The number of rotatable bonds is 3. The molecule has 122 valence electrons. The van der Waals surface area contributed by atoms with E-state index in [4.69, 9.17) is 0 Å². The van der Waals surface area contributed by atoms with Crippen LogP contribution in [0.5, 0.6) is 0 Å². The van der Waals surface area contributed by atoms with Gasteiger partial charge in [-0.15, -0.1) is 0 Å². The number of piperidine rings is 1. The van der Waals surface area contributed by atoms with Gasteiger partial charge in [0.05, 0.1) is 0 Å². The summed E-state index contributed by atoms with van der Waals surface area (Å²) in [7, 11) is 0. The Labute approximate surface area is 132 Å². The third kappa shape index (κ3) is 4.54. The van der Waals surface area contributed by atoms with Crippen molar-refractivity contribution in [3.63, 3.8) is 0 Å². The first-order valence-electron chi connectivity index (χ1n) is 8.02. The second-order valence-electron chi connectivity index (χ2n) is 7.55. The number of hydrogen-bond acceptors (Lipinski definition) is 2. The van der Waals surface area contributed by atoms with Gasteiger partial charge in [0.15, 0.2) is 0 Å². The molecule has 22 heavy (non-hydrogen) atoms. The van der Waals surface area contributed by atoms with Crippen molar-refractivity contribution >= 4 is 5.91 Å². The van der Waals surface area contributed by atoms with Gasteiger partial charge in [-0.3, -0.25) is 9.69 Å². The molecule has 1 aliphatic rings. The quantitative estimate of drug-likeness (QED) is 0.930. The van der Waals surface area contributed by atoms with Crippen molar-refractivity contribution in [3.05, 3.63) is 35.6 Å². The molecular weight excluding hydrogens is 279 g/mol. The van der Waals surface area contributed by atoms with Crippen LogP contribution in [-0.2, 0) is 11.3 Å². The zero-order chi connectivity index (χ0) is 16.3. The van der Waals surface area contributed by atoms with Crippen LogP contribution in [0.15, 0.2) is 24.3 Å². The van der Waals surface area contributed by atoms with Crippen molar-refractivity contribution < 1.29 is 9.18 Å². The molecule has 1 aromatic carbocycles. The van der Waals surface area contributed by atoms with Crippen LogP contribution in [-0.4, -0.2) is 29.9 Å². The lowest BCUT2D eigenvalue weighted by Crippen LogP contribution is -2.52. The number of nitrogens with one attached hydrogen (secondary N) is 1. The molecule has 0 aromatic heterocycles. The maximum Gasteiger partial charge on any atom is 0.225 e. The molecule has 0 aliphatic carbocycles. The summed E-state index contributed by atoms with van der Waals surface area (Å²) in [5.74, 6) is 0.416. The third-order valence-corrected chi connectivity index (χ3v) is 4.10. The van der Waals surface area contributed by atoms with E-state index in [0.29, 0.717) is 12.5 Å². The molecule has 4 heteroatoms. The van der Waals surface area contributed by atoms with Crippen LogP contribution in [0.25, 0.3) is 0 Å². The SMILES string of the molecule is CC1CC(NC(=O)C(C)(C)C)CN(Cc2ccccc2F)C1. The summed E-state index contributed by atoms with van der Waals surface area (Å²) in [6.07, 6.45) is 0.982. The highest BCUT2D eigenvalue weighted by Gasteiger charge is 2.29. The van der Waals surface area contributed by atoms with E-state index in [-0.39, 0.29) is 23.2 Å². The van der Waals surface area contributed by atoms with Gasteiger partial charge in [0.2, 0.25) is 5.91 Å². The summed E-state index contributed by atoms with van der Waals surface area (Å²) in [5.41, 5.74) is 0.342. The smallest absolute Gasteiger partial charge is 0.225 e. The van der Waals surface area contributed by atoms with Crippen LogP contribution in [0.3, 0.4) is 0 Å². The van der Waals surface area contributed by atoms with E-state index in [2.05, 4.69) is 17.1 Å². The van der Waals surface area contributed by atoms with Crippen molar-refractivity contribution in [2.75, 3.05) is 13.1 Å². The summed E-state index contributed by atoms with van der Waals surface area (Å²) in [6.45, 7) is 10.3. The predicted octanol–water partition coefficient (Wildman–Crippen LogP) is 3.20. The van der Waals surface area contributed by atoms with Gasteiger partial charge in [0.25, 0.3) is 0 Å². The van der Waals surface area contributed by atoms with E-state index in [1.54, 1.807) is 6.07 Å². The van der Waals surface area contributed by atoms with E-state index in [9.17, 15) is 9.18 Å². The summed E-state index contributed by atoms with van der Waals surface area (Å²) >= 11 is 0. The first kappa shape index (κ1) is 16.9. The van der Waals surface area contributed by atoms with Gasteiger partial charge in [-0.05, 0) is 18.4 Å². The van der Waals surface area contributed by atoms with E-state index in [0.717, 1.165) is 25.1 Å². The highest BCUT2D eigenvalue weighted by atomic mass is 19.1. The molecule has 2 atom stereocenters. The number of halogens is 1. The minimum atomic E-state index is -0.378. The normalized spacial score (nSPS) is 23.3. The van der Waals surface area contributed by atoms with Gasteiger partial charge in [-0.25, -0.2) is 4.39 Å². The van der Waals surface area contributed by atoms with Crippen molar-refractivity contribution in [3.8, 4) is 0 Å². The van der Waals surface area contributed by atoms with E-state index >= 15 is 0 Å². The number of likely N-dealkylation sites (tertiary alicyclic amines) is 1. The molecule has 3 nitrogen and oxygen atoms in total. The third-order valence-electron chi connectivity index (χ3n) is 4.10. The van der Waals surface area contributed by atoms with Crippen molar-refractivity contribution in [1.29, 1.82) is 0 Å². The lowest BCUT2D eigenvalue weighted by molar-refractivity contribution is -0.129. The monoisotopic (exact) mass is 306 g/mol. The van der Waals surface area contributed by atoms with E-state index < -0.39 is 0 Å². The zero-order valence-electron chi connectivity index (χ0n) is 14.0. The number of carbonyl (C=O) groups excluding carboxylic acids is 1. The van der Waals surface area contributed by atoms with Crippen LogP contribution in [0, 0.1) is 17.2 Å². The Hall–Kier alpha value is -1.42. The fraction of sp³-hybridized carbons (Fsp3) is 0.611. The predicted molar refractivity (Wildman–Crippen MR) is 86.8 cm³/mol. The molecule has 1 saturated heterocycles. The minimum absolute atomic E-state index is 0.0810. The first-order valence-corrected chi connectivity index (χ1v) is 8.02. The molecule has 1 aliphatic heterocycles. The Kier molecular flexibility index (Phi) is 5.22. The number of carbonyl (C=O) groups is 1. The van der Waals surface area contributed by atoms with Crippen LogP contribution in [0.2, 0.25) is 0 Å². The van der Waals surface area contributed by atoms with Gasteiger partial charge in [0.1, 0.15) is 5.82 Å². The molecule has 1 N–H and O–H groups in total. The molecule has 0 saturated carbocycles. The van der Waals surface area contributed by atoms with Gasteiger partial charge >= 0.3 is 0 Å². The Bertz CT molecular complexity index is 524. The molecule has 1 aromatic rings. The average Bonchev–Trinajstić information content (AvgIpc) is 2.39.